The third-order valence-electron chi connectivity index (χ3n) is 5.75. The number of amides is 1. The number of thiazole rings is 1. The summed E-state index contributed by atoms with van der Waals surface area (Å²) in [6.45, 7) is 4.51. The largest absolute Gasteiger partial charge is 0.378 e. The lowest BCUT2D eigenvalue weighted by atomic mass is 9.95. The van der Waals surface area contributed by atoms with Gasteiger partial charge in [-0.25, -0.2) is 9.97 Å². The van der Waals surface area contributed by atoms with Gasteiger partial charge in [-0.15, -0.1) is 0 Å². The fraction of sp³-hybridized carbons (Fsp3) is 0.409. The number of fused-ring (bicyclic) bond motifs is 1. The van der Waals surface area contributed by atoms with E-state index in [4.69, 9.17) is 14.7 Å². The highest BCUT2D eigenvalue weighted by molar-refractivity contribution is 7.21. The molecule has 0 radical (unpaired) electrons. The predicted octanol–water partition coefficient (Wildman–Crippen LogP) is 3.43. The van der Waals surface area contributed by atoms with Gasteiger partial charge in [0.15, 0.2) is 5.13 Å². The molecule has 7 heteroatoms. The van der Waals surface area contributed by atoms with Gasteiger partial charge in [0.1, 0.15) is 10.3 Å². The van der Waals surface area contributed by atoms with E-state index in [2.05, 4.69) is 23.1 Å². The average molecular weight is 409 g/mol. The third-order valence-corrected chi connectivity index (χ3v) is 6.78. The van der Waals surface area contributed by atoms with Gasteiger partial charge < -0.3 is 14.5 Å². The molecule has 4 heterocycles. The number of rotatable bonds is 3. The number of anilines is 1. The van der Waals surface area contributed by atoms with Crippen LogP contribution in [0.4, 0.5) is 5.13 Å². The van der Waals surface area contributed by atoms with Crippen LogP contribution in [0.1, 0.15) is 12.8 Å². The van der Waals surface area contributed by atoms with Gasteiger partial charge in [-0.05, 0) is 25.0 Å². The van der Waals surface area contributed by atoms with E-state index in [1.54, 1.807) is 11.3 Å². The number of benzene rings is 1. The van der Waals surface area contributed by atoms with Crippen LogP contribution < -0.4 is 4.90 Å². The molecule has 0 unspecified atom stereocenters. The maximum Gasteiger partial charge on any atom is 0.225 e. The Hall–Kier alpha value is -2.51. The second kappa shape index (κ2) is 8.08. The van der Waals surface area contributed by atoms with Crippen molar-refractivity contribution in [2.75, 3.05) is 44.3 Å². The summed E-state index contributed by atoms with van der Waals surface area (Å²) >= 11 is 1.64. The van der Waals surface area contributed by atoms with Crippen LogP contribution >= 0.6 is 11.3 Å². The Labute approximate surface area is 174 Å². The smallest absolute Gasteiger partial charge is 0.225 e. The molecule has 2 aliphatic heterocycles. The topological polar surface area (TPSA) is 58.6 Å². The van der Waals surface area contributed by atoms with Crippen LogP contribution in [0.15, 0.2) is 42.5 Å². The first-order valence-corrected chi connectivity index (χ1v) is 11.0. The van der Waals surface area contributed by atoms with Gasteiger partial charge in [0.2, 0.25) is 5.91 Å². The molecule has 5 rings (SSSR count). The first kappa shape index (κ1) is 18.5. The Morgan fingerprint density at radius 1 is 0.966 bits per heavy atom. The van der Waals surface area contributed by atoms with Crippen molar-refractivity contribution < 1.29 is 9.53 Å². The molecule has 2 aromatic heterocycles. The standard InChI is InChI=1S/C22H24N4O2S/c27-21(25-12-14-28-15-13-25)17-8-10-26(11-9-17)22-24-19-7-6-18(23-20(19)29-22)16-4-2-1-3-5-16/h1-7,17H,8-15H2. The van der Waals surface area contributed by atoms with E-state index in [9.17, 15) is 4.79 Å². The minimum absolute atomic E-state index is 0.126. The third kappa shape index (κ3) is 3.84. The van der Waals surface area contributed by atoms with E-state index in [0.29, 0.717) is 19.1 Å². The van der Waals surface area contributed by atoms with E-state index in [-0.39, 0.29) is 5.92 Å². The summed E-state index contributed by atoms with van der Waals surface area (Å²) in [5, 5.41) is 1.01. The molecule has 0 bridgehead atoms. The fourth-order valence-corrected chi connectivity index (χ4v) is 5.06. The van der Waals surface area contributed by atoms with Crippen LogP contribution in [-0.4, -0.2) is 60.2 Å². The number of nitrogens with zero attached hydrogens (tertiary/aromatic N) is 4. The number of aromatic nitrogens is 2. The molecule has 2 aliphatic rings. The Bertz CT molecular complexity index is 992. The Morgan fingerprint density at radius 3 is 2.48 bits per heavy atom. The van der Waals surface area contributed by atoms with Gasteiger partial charge in [-0.2, -0.15) is 0 Å². The van der Waals surface area contributed by atoms with Crippen molar-refractivity contribution in [3.63, 3.8) is 0 Å². The van der Waals surface area contributed by atoms with Crippen LogP contribution in [-0.2, 0) is 9.53 Å². The van der Waals surface area contributed by atoms with Crippen molar-refractivity contribution in [1.82, 2.24) is 14.9 Å². The van der Waals surface area contributed by atoms with Crippen LogP contribution in [0, 0.1) is 5.92 Å². The first-order chi connectivity index (χ1) is 14.3. The highest BCUT2D eigenvalue weighted by Crippen LogP contribution is 2.32. The second-order valence-electron chi connectivity index (χ2n) is 7.58. The van der Waals surface area contributed by atoms with Gasteiger partial charge in [-0.3, -0.25) is 4.79 Å². The van der Waals surface area contributed by atoms with Gasteiger partial charge in [0.05, 0.1) is 18.9 Å². The van der Waals surface area contributed by atoms with Gasteiger partial charge in [0.25, 0.3) is 0 Å². The van der Waals surface area contributed by atoms with E-state index < -0.39 is 0 Å². The SMILES string of the molecule is O=C(C1CCN(c2nc3ccc(-c4ccccc4)nc3s2)CC1)N1CCOCC1. The van der Waals surface area contributed by atoms with Crippen molar-refractivity contribution in [1.29, 1.82) is 0 Å². The Balaban J connectivity index is 1.27. The lowest BCUT2D eigenvalue weighted by molar-refractivity contribution is -0.140. The van der Waals surface area contributed by atoms with Crippen LogP contribution in [0.25, 0.3) is 21.6 Å². The van der Waals surface area contributed by atoms with Crippen molar-refractivity contribution in [3.05, 3.63) is 42.5 Å². The van der Waals surface area contributed by atoms with Crippen LogP contribution in [0.5, 0.6) is 0 Å². The summed E-state index contributed by atoms with van der Waals surface area (Å²) in [7, 11) is 0. The summed E-state index contributed by atoms with van der Waals surface area (Å²) in [5.41, 5.74) is 3.03. The number of piperidine rings is 1. The molecule has 1 aromatic carbocycles. The normalized spacial score (nSPS) is 18.3. The number of ether oxygens (including phenoxy) is 1. The number of pyridine rings is 1. The molecule has 0 spiro atoms. The minimum Gasteiger partial charge on any atom is -0.378 e. The van der Waals surface area contributed by atoms with E-state index in [1.165, 1.54) is 0 Å². The number of hydrogen-bond donors (Lipinski definition) is 0. The summed E-state index contributed by atoms with van der Waals surface area (Å²) in [6.07, 6.45) is 1.77. The molecule has 2 saturated heterocycles. The molecule has 3 aromatic rings. The number of hydrogen-bond acceptors (Lipinski definition) is 6. The fourth-order valence-electron chi connectivity index (χ4n) is 4.07. The monoisotopic (exact) mass is 408 g/mol. The first-order valence-electron chi connectivity index (χ1n) is 10.2. The lowest BCUT2D eigenvalue weighted by Crippen LogP contribution is -2.46. The summed E-state index contributed by atoms with van der Waals surface area (Å²) < 4.78 is 5.36. The zero-order chi connectivity index (χ0) is 19.6. The van der Waals surface area contributed by atoms with Gasteiger partial charge in [-0.1, -0.05) is 41.7 Å². The van der Waals surface area contributed by atoms with Gasteiger partial charge >= 0.3 is 0 Å². The number of carbonyl (C=O) groups is 1. The Kier molecular flexibility index (Phi) is 5.16. The van der Waals surface area contributed by atoms with E-state index in [0.717, 1.165) is 65.8 Å². The molecule has 0 aliphatic carbocycles. The highest BCUT2D eigenvalue weighted by Gasteiger charge is 2.30. The molecule has 2 fully saturated rings. The van der Waals surface area contributed by atoms with E-state index in [1.807, 2.05) is 29.2 Å². The average Bonchev–Trinajstić information content (AvgIpc) is 3.23. The molecule has 0 saturated carbocycles. The minimum atomic E-state index is 0.126. The van der Waals surface area contributed by atoms with E-state index >= 15 is 0 Å². The zero-order valence-electron chi connectivity index (χ0n) is 16.3. The summed E-state index contributed by atoms with van der Waals surface area (Å²) in [6, 6.07) is 14.3. The molecule has 150 valence electrons. The summed E-state index contributed by atoms with van der Waals surface area (Å²) in [5.74, 6) is 0.424. The molecule has 0 atom stereocenters. The maximum absolute atomic E-state index is 12.7. The lowest BCUT2D eigenvalue weighted by Gasteiger charge is -2.35. The van der Waals surface area contributed by atoms with Crippen LogP contribution in [0.2, 0.25) is 0 Å². The molecular formula is C22H24N4O2S. The van der Waals surface area contributed by atoms with Crippen LogP contribution in [0.3, 0.4) is 0 Å². The molecule has 1 amide bonds. The second-order valence-corrected chi connectivity index (χ2v) is 8.54. The number of morpholine rings is 1. The molecule has 29 heavy (non-hydrogen) atoms. The van der Waals surface area contributed by atoms with Gasteiger partial charge in [0, 0.05) is 37.7 Å². The van der Waals surface area contributed by atoms with Crippen molar-refractivity contribution in [2.45, 2.75) is 12.8 Å². The Morgan fingerprint density at radius 2 is 1.72 bits per heavy atom. The predicted molar refractivity (Wildman–Crippen MR) is 115 cm³/mol. The molecule has 6 nitrogen and oxygen atoms in total. The zero-order valence-corrected chi connectivity index (χ0v) is 17.1. The quantitative estimate of drug-likeness (QED) is 0.665. The maximum atomic E-state index is 12.7. The summed E-state index contributed by atoms with van der Waals surface area (Å²) in [4.78, 5) is 27.6. The molecule has 0 N–H and O–H groups in total. The highest BCUT2D eigenvalue weighted by atomic mass is 32.1. The van der Waals surface area contributed by atoms with Crippen molar-refractivity contribution in [2.24, 2.45) is 5.92 Å². The van der Waals surface area contributed by atoms with Crippen molar-refractivity contribution >= 4 is 32.7 Å². The molecular weight excluding hydrogens is 384 g/mol. The van der Waals surface area contributed by atoms with Crippen molar-refractivity contribution in [3.8, 4) is 11.3 Å². The number of carbonyl (C=O) groups excluding carboxylic acids is 1.